The van der Waals surface area contributed by atoms with Gasteiger partial charge in [0.2, 0.25) is 0 Å². The van der Waals surface area contributed by atoms with Crippen LogP contribution in [0, 0.1) is 37.0 Å². The Morgan fingerprint density at radius 1 is 0.467 bits per heavy atom. The molecule has 0 aliphatic heterocycles. The van der Waals surface area contributed by atoms with Gasteiger partial charge in [-0.3, -0.25) is 15.0 Å². The van der Waals surface area contributed by atoms with Crippen molar-refractivity contribution >= 4 is 0 Å². The first-order valence-corrected chi connectivity index (χ1v) is 9.14. The quantitative estimate of drug-likeness (QED) is 0.478. The van der Waals surface area contributed by atoms with Crippen molar-refractivity contribution in [2.45, 2.75) is 0 Å². The summed E-state index contributed by atoms with van der Waals surface area (Å²) in [6.45, 7) is 0. The number of hydrogen-bond donors (Lipinski definition) is 0. The zero-order valence-corrected chi connectivity index (χ0v) is 16.0. The van der Waals surface area contributed by atoms with Gasteiger partial charge in [-0.25, -0.2) is 0 Å². The monoisotopic (exact) mass is 381 g/mol. The predicted molar refractivity (Wildman–Crippen MR) is 120 cm³/mol. The van der Waals surface area contributed by atoms with Gasteiger partial charge in [0.05, 0.1) is 17.1 Å². The molecule has 0 atom stereocenters. The molecule has 0 saturated carbocycles. The normalized spacial score (nSPS) is 9.90. The van der Waals surface area contributed by atoms with Crippen LogP contribution in [0.1, 0.15) is 16.7 Å². The molecule has 0 aliphatic rings. The summed E-state index contributed by atoms with van der Waals surface area (Å²) in [6.07, 6.45) is 21.8. The van der Waals surface area contributed by atoms with E-state index in [0.717, 1.165) is 50.5 Å². The van der Waals surface area contributed by atoms with E-state index in [9.17, 15) is 0 Å². The van der Waals surface area contributed by atoms with Crippen LogP contribution >= 0.6 is 0 Å². The van der Waals surface area contributed by atoms with Gasteiger partial charge in [-0.15, -0.1) is 19.3 Å². The maximum Gasteiger partial charge on any atom is 0.0714 e. The van der Waals surface area contributed by atoms with Crippen molar-refractivity contribution in [3.8, 4) is 70.8 Å². The average Bonchev–Trinajstić information content (AvgIpc) is 2.83. The Morgan fingerprint density at radius 3 is 1.03 bits per heavy atom. The van der Waals surface area contributed by atoms with Crippen LogP contribution < -0.4 is 0 Å². The molecule has 0 amide bonds. The Labute approximate surface area is 175 Å². The molecule has 138 valence electrons. The second-order valence-electron chi connectivity index (χ2n) is 6.52. The molecule has 1 aromatic carbocycles. The van der Waals surface area contributed by atoms with Crippen molar-refractivity contribution in [2.24, 2.45) is 0 Å². The molecule has 0 spiro atoms. The number of benzene rings is 1. The largest absolute Gasteiger partial charge is 0.256 e. The number of rotatable bonds is 3. The third kappa shape index (κ3) is 3.81. The smallest absolute Gasteiger partial charge is 0.0714 e. The van der Waals surface area contributed by atoms with E-state index >= 15 is 0 Å². The lowest BCUT2D eigenvalue weighted by molar-refractivity contribution is 1.29. The molecule has 3 nitrogen and oxygen atoms in total. The lowest BCUT2D eigenvalue weighted by Gasteiger charge is -2.10. The van der Waals surface area contributed by atoms with E-state index in [1.807, 2.05) is 36.4 Å². The van der Waals surface area contributed by atoms with Crippen LogP contribution in [0.5, 0.6) is 0 Å². The molecule has 4 rings (SSSR count). The van der Waals surface area contributed by atoms with E-state index in [2.05, 4.69) is 32.7 Å². The second kappa shape index (κ2) is 8.15. The van der Waals surface area contributed by atoms with Crippen LogP contribution in [0.15, 0.2) is 73.2 Å². The van der Waals surface area contributed by atoms with E-state index in [4.69, 9.17) is 19.3 Å². The van der Waals surface area contributed by atoms with Gasteiger partial charge in [0, 0.05) is 52.0 Å². The predicted octanol–water partition coefficient (Wildman–Crippen LogP) is 4.82. The van der Waals surface area contributed by atoms with Crippen LogP contribution in [0.3, 0.4) is 0 Å². The van der Waals surface area contributed by atoms with E-state index in [-0.39, 0.29) is 0 Å². The van der Waals surface area contributed by atoms with Crippen molar-refractivity contribution in [3.05, 3.63) is 89.9 Å². The highest BCUT2D eigenvalue weighted by molar-refractivity contribution is 5.79. The molecular formula is C27H15N3. The Hall–Kier alpha value is -4.65. The molecule has 0 bridgehead atoms. The fourth-order valence-corrected chi connectivity index (χ4v) is 3.11. The van der Waals surface area contributed by atoms with Crippen LogP contribution in [0.4, 0.5) is 0 Å². The van der Waals surface area contributed by atoms with Crippen molar-refractivity contribution < 1.29 is 0 Å². The third-order valence-electron chi connectivity index (χ3n) is 4.60. The fraction of sp³-hybridized carbons (Fsp3) is 0. The van der Waals surface area contributed by atoms with Crippen LogP contribution in [0.2, 0.25) is 0 Å². The number of pyridine rings is 3. The second-order valence-corrected chi connectivity index (χ2v) is 6.52. The van der Waals surface area contributed by atoms with Gasteiger partial charge >= 0.3 is 0 Å². The van der Waals surface area contributed by atoms with Gasteiger partial charge in [-0.05, 0) is 54.6 Å². The molecule has 3 aromatic heterocycles. The molecule has 0 unspecified atom stereocenters. The molecule has 0 aliphatic carbocycles. The lowest BCUT2D eigenvalue weighted by atomic mass is 9.97. The summed E-state index contributed by atoms with van der Waals surface area (Å²) in [5.74, 6) is 7.95. The van der Waals surface area contributed by atoms with Gasteiger partial charge in [-0.2, -0.15) is 0 Å². The Balaban J connectivity index is 1.95. The van der Waals surface area contributed by atoms with Gasteiger partial charge in [-0.1, -0.05) is 17.8 Å². The van der Waals surface area contributed by atoms with Gasteiger partial charge < -0.3 is 0 Å². The molecule has 3 heterocycles. The first kappa shape index (κ1) is 18.7. The SMILES string of the molecule is C#Cc1ccnc(-c2cc(-c3cc(C#C)ccn3)cc(-c3cc(C#C)ccn3)c2)c1. The first-order chi connectivity index (χ1) is 14.7. The molecule has 3 heteroatoms. The highest BCUT2D eigenvalue weighted by Crippen LogP contribution is 2.31. The van der Waals surface area contributed by atoms with Crippen molar-refractivity contribution in [1.82, 2.24) is 15.0 Å². The zero-order chi connectivity index (χ0) is 20.9. The summed E-state index contributed by atoms with van der Waals surface area (Å²) in [6, 6.07) is 17.1. The van der Waals surface area contributed by atoms with E-state index < -0.39 is 0 Å². The first-order valence-electron chi connectivity index (χ1n) is 9.14. The third-order valence-corrected chi connectivity index (χ3v) is 4.60. The summed E-state index contributed by atoms with van der Waals surface area (Å²) >= 11 is 0. The van der Waals surface area contributed by atoms with Gasteiger partial charge in [0.15, 0.2) is 0 Å². The number of terminal acetylenes is 3. The van der Waals surface area contributed by atoms with Crippen LogP contribution in [-0.2, 0) is 0 Å². The molecule has 0 radical (unpaired) electrons. The number of nitrogens with zero attached hydrogens (tertiary/aromatic N) is 3. The summed E-state index contributed by atoms with van der Waals surface area (Å²) in [4.78, 5) is 13.5. The highest BCUT2D eigenvalue weighted by atomic mass is 14.7. The summed E-state index contributed by atoms with van der Waals surface area (Å²) in [5.41, 5.74) is 7.21. The Morgan fingerprint density at radius 2 is 0.767 bits per heavy atom. The summed E-state index contributed by atoms with van der Waals surface area (Å²) < 4.78 is 0. The van der Waals surface area contributed by atoms with E-state index in [0.29, 0.717) is 0 Å². The Bertz CT molecular complexity index is 1200. The maximum atomic E-state index is 5.57. The molecule has 30 heavy (non-hydrogen) atoms. The van der Waals surface area contributed by atoms with Gasteiger partial charge in [0.1, 0.15) is 0 Å². The molecule has 0 fully saturated rings. The zero-order valence-electron chi connectivity index (χ0n) is 16.0. The highest BCUT2D eigenvalue weighted by Gasteiger charge is 2.11. The molecule has 0 N–H and O–H groups in total. The van der Waals surface area contributed by atoms with Crippen LogP contribution in [0.25, 0.3) is 33.8 Å². The van der Waals surface area contributed by atoms with Crippen molar-refractivity contribution in [2.75, 3.05) is 0 Å². The number of aromatic nitrogens is 3. The fourth-order valence-electron chi connectivity index (χ4n) is 3.11. The maximum absolute atomic E-state index is 5.57. The lowest BCUT2D eigenvalue weighted by Crippen LogP contribution is -1.92. The average molecular weight is 381 g/mol. The minimum Gasteiger partial charge on any atom is -0.256 e. The minimum absolute atomic E-state index is 0.756. The van der Waals surface area contributed by atoms with Crippen molar-refractivity contribution in [1.29, 1.82) is 0 Å². The molecule has 0 saturated heterocycles. The molecular weight excluding hydrogens is 366 g/mol. The minimum atomic E-state index is 0.756. The van der Waals surface area contributed by atoms with E-state index in [1.165, 1.54) is 0 Å². The number of hydrogen-bond acceptors (Lipinski definition) is 3. The van der Waals surface area contributed by atoms with Gasteiger partial charge in [0.25, 0.3) is 0 Å². The Kier molecular flexibility index (Phi) is 5.08. The summed E-state index contributed by atoms with van der Waals surface area (Å²) in [5, 5.41) is 0. The standard InChI is InChI=1S/C27H15N3/c1-4-19-7-10-28-25(13-19)22-16-23(26-14-20(5-2)8-11-29-26)18-24(17-22)27-15-21(6-3)9-12-30-27/h1-3,7-18H. The molecule has 4 aromatic rings. The topological polar surface area (TPSA) is 38.7 Å². The van der Waals surface area contributed by atoms with Crippen molar-refractivity contribution in [3.63, 3.8) is 0 Å². The van der Waals surface area contributed by atoms with Crippen LogP contribution in [-0.4, -0.2) is 15.0 Å². The summed E-state index contributed by atoms with van der Waals surface area (Å²) in [7, 11) is 0. The van der Waals surface area contributed by atoms with E-state index in [1.54, 1.807) is 36.8 Å².